The summed E-state index contributed by atoms with van der Waals surface area (Å²) in [4.78, 5) is 16.0. The van der Waals surface area contributed by atoms with Gasteiger partial charge in [0.15, 0.2) is 5.82 Å². The SMILES string of the molecule is Cc1noc(NC(=O)[C@@H]2CC[C@H]3C[C@@H]2CO3)n1. The first-order valence-corrected chi connectivity index (χ1v) is 5.95. The number of aromatic nitrogens is 2. The lowest BCUT2D eigenvalue weighted by atomic mass is 9.80. The third-order valence-corrected chi connectivity index (χ3v) is 3.57. The maximum absolute atomic E-state index is 12.1. The van der Waals surface area contributed by atoms with E-state index in [4.69, 9.17) is 9.26 Å². The zero-order valence-corrected chi connectivity index (χ0v) is 9.68. The Morgan fingerprint density at radius 2 is 2.35 bits per heavy atom. The molecule has 0 unspecified atom stereocenters. The van der Waals surface area contributed by atoms with E-state index in [2.05, 4.69) is 15.5 Å². The van der Waals surface area contributed by atoms with Crippen molar-refractivity contribution >= 4 is 11.9 Å². The third kappa shape index (κ3) is 2.04. The standard InChI is InChI=1S/C11H15N3O3/c1-6-12-11(17-14-6)13-10(15)9-3-2-8-4-7(9)5-16-8/h7-9H,2-5H2,1H3,(H,12,13,14,15)/t7-,8+,9-/m1/s1. The Bertz CT molecular complexity index is 431. The van der Waals surface area contributed by atoms with E-state index in [0.717, 1.165) is 19.3 Å². The van der Waals surface area contributed by atoms with Crippen LogP contribution in [0.3, 0.4) is 0 Å². The Morgan fingerprint density at radius 1 is 1.47 bits per heavy atom. The van der Waals surface area contributed by atoms with Crippen molar-refractivity contribution in [2.45, 2.75) is 32.3 Å². The fourth-order valence-corrected chi connectivity index (χ4v) is 2.71. The van der Waals surface area contributed by atoms with E-state index >= 15 is 0 Å². The van der Waals surface area contributed by atoms with Gasteiger partial charge in [0.1, 0.15) is 0 Å². The zero-order valence-electron chi connectivity index (χ0n) is 9.68. The van der Waals surface area contributed by atoms with Gasteiger partial charge in [0.05, 0.1) is 12.7 Å². The van der Waals surface area contributed by atoms with Gasteiger partial charge in [-0.1, -0.05) is 5.16 Å². The fourth-order valence-electron chi connectivity index (χ4n) is 2.71. The fraction of sp³-hybridized carbons (Fsp3) is 0.727. The second kappa shape index (κ2) is 4.10. The molecule has 1 aliphatic carbocycles. The molecular weight excluding hydrogens is 222 g/mol. The number of rotatable bonds is 2. The number of ether oxygens (including phenoxy) is 1. The van der Waals surface area contributed by atoms with Crippen LogP contribution in [0, 0.1) is 18.8 Å². The molecule has 3 atom stereocenters. The minimum absolute atomic E-state index is 0.0148. The lowest BCUT2D eigenvalue weighted by molar-refractivity contribution is -0.122. The highest BCUT2D eigenvalue weighted by Gasteiger charge is 2.40. The maximum atomic E-state index is 12.1. The van der Waals surface area contributed by atoms with Crippen molar-refractivity contribution in [3.63, 3.8) is 0 Å². The molecule has 1 aromatic heterocycles. The molecule has 1 amide bonds. The van der Waals surface area contributed by atoms with Crippen LogP contribution in [0.2, 0.25) is 0 Å². The average molecular weight is 237 g/mol. The van der Waals surface area contributed by atoms with Crippen molar-refractivity contribution in [3.8, 4) is 0 Å². The molecule has 2 bridgehead atoms. The first kappa shape index (κ1) is 10.7. The minimum Gasteiger partial charge on any atom is -0.378 e. The highest BCUT2D eigenvalue weighted by molar-refractivity contribution is 5.90. The molecule has 0 radical (unpaired) electrons. The van der Waals surface area contributed by atoms with Crippen LogP contribution in [-0.4, -0.2) is 28.8 Å². The van der Waals surface area contributed by atoms with Crippen LogP contribution in [0.25, 0.3) is 0 Å². The summed E-state index contributed by atoms with van der Waals surface area (Å²) in [5.41, 5.74) is 0. The second-order valence-electron chi connectivity index (χ2n) is 4.77. The van der Waals surface area contributed by atoms with Gasteiger partial charge in [0, 0.05) is 5.92 Å². The molecule has 92 valence electrons. The molecule has 1 N–H and O–H groups in total. The normalized spacial score (nSPS) is 31.5. The molecule has 1 aromatic rings. The van der Waals surface area contributed by atoms with E-state index in [1.165, 1.54) is 0 Å². The van der Waals surface area contributed by atoms with Crippen molar-refractivity contribution in [1.29, 1.82) is 0 Å². The van der Waals surface area contributed by atoms with E-state index in [0.29, 0.717) is 24.5 Å². The summed E-state index contributed by atoms with van der Waals surface area (Å²) in [5.74, 6) is 0.856. The first-order valence-electron chi connectivity index (χ1n) is 5.95. The maximum Gasteiger partial charge on any atom is 0.328 e. The molecule has 6 nitrogen and oxygen atoms in total. The molecule has 0 spiro atoms. The van der Waals surface area contributed by atoms with Crippen LogP contribution in [0.1, 0.15) is 25.1 Å². The highest BCUT2D eigenvalue weighted by atomic mass is 16.5. The van der Waals surface area contributed by atoms with Crippen molar-refractivity contribution in [2.75, 3.05) is 11.9 Å². The lowest BCUT2D eigenvalue weighted by Gasteiger charge is -2.24. The smallest absolute Gasteiger partial charge is 0.328 e. The van der Waals surface area contributed by atoms with E-state index in [1.54, 1.807) is 6.92 Å². The summed E-state index contributed by atoms with van der Waals surface area (Å²) >= 11 is 0. The quantitative estimate of drug-likeness (QED) is 0.834. The summed E-state index contributed by atoms with van der Waals surface area (Å²) in [6.45, 7) is 2.42. The number of anilines is 1. The van der Waals surface area contributed by atoms with Crippen LogP contribution < -0.4 is 5.32 Å². The van der Waals surface area contributed by atoms with E-state index in [-0.39, 0.29) is 17.8 Å². The Morgan fingerprint density at radius 3 is 3.12 bits per heavy atom. The predicted octanol–water partition coefficient (Wildman–Crippen LogP) is 1.13. The number of hydrogen-bond acceptors (Lipinski definition) is 5. The van der Waals surface area contributed by atoms with Crippen LogP contribution in [0.15, 0.2) is 4.52 Å². The zero-order chi connectivity index (χ0) is 11.8. The van der Waals surface area contributed by atoms with Gasteiger partial charge in [-0.3, -0.25) is 10.1 Å². The van der Waals surface area contributed by atoms with Gasteiger partial charge < -0.3 is 9.26 Å². The van der Waals surface area contributed by atoms with E-state index in [9.17, 15) is 4.79 Å². The minimum atomic E-state index is -0.0254. The molecule has 1 saturated heterocycles. The monoisotopic (exact) mass is 237 g/mol. The number of nitrogens with zero attached hydrogens (tertiary/aromatic N) is 2. The molecule has 1 saturated carbocycles. The van der Waals surface area contributed by atoms with Gasteiger partial charge in [-0.2, -0.15) is 4.98 Å². The highest BCUT2D eigenvalue weighted by Crippen LogP contribution is 2.38. The van der Waals surface area contributed by atoms with E-state index < -0.39 is 0 Å². The summed E-state index contributed by atoms with van der Waals surface area (Å²) in [6, 6.07) is 0.188. The molecule has 3 rings (SSSR count). The van der Waals surface area contributed by atoms with E-state index in [1.807, 2.05) is 0 Å². The molecule has 2 heterocycles. The predicted molar refractivity (Wildman–Crippen MR) is 58.2 cm³/mol. The van der Waals surface area contributed by atoms with Crippen LogP contribution in [-0.2, 0) is 9.53 Å². The third-order valence-electron chi connectivity index (χ3n) is 3.57. The number of hydrogen-bond donors (Lipinski definition) is 1. The molecule has 6 heteroatoms. The van der Waals surface area contributed by atoms with Crippen molar-refractivity contribution in [1.82, 2.24) is 10.1 Å². The molecule has 1 aliphatic heterocycles. The first-order chi connectivity index (χ1) is 8.22. The Kier molecular flexibility index (Phi) is 2.58. The van der Waals surface area contributed by atoms with Crippen LogP contribution >= 0.6 is 0 Å². The van der Waals surface area contributed by atoms with Gasteiger partial charge >= 0.3 is 6.01 Å². The Labute approximate surface area is 98.7 Å². The average Bonchev–Trinajstić information content (AvgIpc) is 2.87. The molecule has 0 aromatic carbocycles. The van der Waals surface area contributed by atoms with Crippen molar-refractivity contribution in [2.24, 2.45) is 11.8 Å². The molecule has 2 fully saturated rings. The summed E-state index contributed by atoms with van der Waals surface area (Å²) < 4.78 is 10.5. The van der Waals surface area contributed by atoms with Crippen molar-refractivity contribution in [3.05, 3.63) is 5.82 Å². The largest absolute Gasteiger partial charge is 0.378 e. The molecule has 2 aliphatic rings. The Hall–Kier alpha value is -1.43. The molecule has 17 heavy (non-hydrogen) atoms. The van der Waals surface area contributed by atoms with Gasteiger partial charge in [0.2, 0.25) is 5.91 Å². The Balaban J connectivity index is 1.66. The van der Waals surface area contributed by atoms with Crippen LogP contribution in [0.5, 0.6) is 0 Å². The summed E-state index contributed by atoms with van der Waals surface area (Å²) in [7, 11) is 0. The van der Waals surface area contributed by atoms with Gasteiger partial charge in [-0.25, -0.2) is 0 Å². The number of nitrogens with one attached hydrogen (secondary N) is 1. The van der Waals surface area contributed by atoms with Gasteiger partial charge in [0.25, 0.3) is 0 Å². The summed E-state index contributed by atoms with van der Waals surface area (Å²) in [5, 5.41) is 6.32. The van der Waals surface area contributed by atoms with Gasteiger partial charge in [-0.05, 0) is 32.1 Å². The number of amides is 1. The number of aryl methyl sites for hydroxylation is 1. The topological polar surface area (TPSA) is 77.2 Å². The number of carbonyl (C=O) groups is 1. The molecular formula is C11H15N3O3. The number of fused-ring (bicyclic) bond motifs is 2. The number of carbonyl (C=O) groups excluding carboxylic acids is 1. The van der Waals surface area contributed by atoms with Crippen LogP contribution in [0.4, 0.5) is 6.01 Å². The van der Waals surface area contributed by atoms with Gasteiger partial charge in [-0.15, -0.1) is 0 Å². The second-order valence-corrected chi connectivity index (χ2v) is 4.77. The summed E-state index contributed by atoms with van der Waals surface area (Å²) in [6.07, 6.45) is 3.22. The van der Waals surface area contributed by atoms with Crippen molar-refractivity contribution < 1.29 is 14.1 Å². The lowest BCUT2D eigenvalue weighted by Crippen LogP contribution is -2.32.